The van der Waals surface area contributed by atoms with Crippen LogP contribution in [0.2, 0.25) is 0 Å². The molecule has 0 atom stereocenters. The van der Waals surface area contributed by atoms with Crippen LogP contribution in [0.15, 0.2) is 36.4 Å². The summed E-state index contributed by atoms with van der Waals surface area (Å²) in [4.78, 5) is 0. The summed E-state index contributed by atoms with van der Waals surface area (Å²) < 4.78 is 34.8. The van der Waals surface area contributed by atoms with E-state index in [1.165, 1.54) is 64.2 Å². The van der Waals surface area contributed by atoms with Crippen LogP contribution in [0.1, 0.15) is 89.5 Å². The molecule has 2 aromatic carbocycles. The van der Waals surface area contributed by atoms with E-state index < -0.39 is 11.6 Å². The van der Waals surface area contributed by atoms with Gasteiger partial charge in [-0.15, -0.1) is 0 Å². The second-order valence-corrected chi connectivity index (χ2v) is 10.0. The molecule has 1 nitrogen and oxygen atoms in total. The van der Waals surface area contributed by atoms with Crippen LogP contribution in [-0.4, -0.2) is 6.61 Å². The molecule has 2 saturated carbocycles. The zero-order chi connectivity index (χ0) is 22.5. The van der Waals surface area contributed by atoms with Crippen LogP contribution in [0.3, 0.4) is 0 Å². The minimum Gasteiger partial charge on any atom is -0.486 e. The van der Waals surface area contributed by atoms with Crippen molar-refractivity contribution in [3.8, 4) is 5.75 Å². The van der Waals surface area contributed by atoms with Gasteiger partial charge >= 0.3 is 0 Å². The summed E-state index contributed by atoms with van der Waals surface area (Å²) in [5.74, 6) is 1.50. The zero-order valence-corrected chi connectivity index (χ0v) is 19.7. The molecule has 0 aliphatic heterocycles. The topological polar surface area (TPSA) is 9.23 Å². The lowest BCUT2D eigenvalue weighted by Crippen LogP contribution is -2.25. The molecule has 0 unspecified atom stereocenters. The number of hydrogen-bond acceptors (Lipinski definition) is 1. The molecule has 0 amide bonds. The third kappa shape index (κ3) is 5.18. The van der Waals surface area contributed by atoms with Gasteiger partial charge in [-0.3, -0.25) is 0 Å². The number of halogens is 2. The Bertz CT molecular complexity index is 918. The molecule has 3 heteroatoms. The van der Waals surface area contributed by atoms with Gasteiger partial charge in [0.05, 0.1) is 0 Å². The zero-order valence-electron chi connectivity index (χ0n) is 19.7. The summed E-state index contributed by atoms with van der Waals surface area (Å²) in [6.45, 7) is 4.41. The summed E-state index contributed by atoms with van der Waals surface area (Å²) in [5.41, 5.74) is 1.16. The first-order valence-electron chi connectivity index (χ1n) is 12.8. The molecule has 0 radical (unpaired) electrons. The van der Waals surface area contributed by atoms with Gasteiger partial charge in [0.1, 0.15) is 6.61 Å². The summed E-state index contributed by atoms with van der Waals surface area (Å²) in [5, 5.41) is 1.07. The Morgan fingerprint density at radius 3 is 2.25 bits per heavy atom. The standard InChI is InChI=1S/C29H38F2O/c1-3-5-17-32-27-19-25-16-15-24(18-26(25)28(30)29(27)31)23-13-11-22(12-14-23)21-9-7-20(6-4-2)8-10-21/h3,5,15-16,18-23H,4,6-14,17H2,1-2H3. The third-order valence-corrected chi connectivity index (χ3v) is 8.08. The molecule has 0 aromatic heterocycles. The van der Waals surface area contributed by atoms with E-state index in [-0.39, 0.29) is 12.4 Å². The molecule has 0 saturated heterocycles. The Hall–Kier alpha value is -1.90. The van der Waals surface area contributed by atoms with Gasteiger partial charge in [0, 0.05) is 5.39 Å². The van der Waals surface area contributed by atoms with Gasteiger partial charge in [-0.25, -0.2) is 4.39 Å². The van der Waals surface area contributed by atoms with E-state index in [9.17, 15) is 8.78 Å². The monoisotopic (exact) mass is 440 g/mol. The number of allylic oxidation sites excluding steroid dienone is 1. The van der Waals surface area contributed by atoms with Crippen molar-refractivity contribution in [1.29, 1.82) is 0 Å². The van der Waals surface area contributed by atoms with Gasteiger partial charge < -0.3 is 4.74 Å². The van der Waals surface area contributed by atoms with Gasteiger partial charge in [-0.05, 0) is 92.2 Å². The summed E-state index contributed by atoms with van der Waals surface area (Å²) in [6, 6.07) is 7.53. The summed E-state index contributed by atoms with van der Waals surface area (Å²) >= 11 is 0. The largest absolute Gasteiger partial charge is 0.486 e. The smallest absolute Gasteiger partial charge is 0.201 e. The quantitative estimate of drug-likeness (QED) is 0.390. The lowest BCUT2D eigenvalue weighted by Gasteiger charge is -2.38. The van der Waals surface area contributed by atoms with Crippen LogP contribution in [0.25, 0.3) is 10.8 Å². The number of rotatable bonds is 7. The van der Waals surface area contributed by atoms with Gasteiger partial charge in [0.15, 0.2) is 11.6 Å². The van der Waals surface area contributed by atoms with Crippen LogP contribution in [-0.2, 0) is 0 Å². The molecule has 2 fully saturated rings. The number of fused-ring (bicyclic) bond motifs is 1. The molecule has 0 bridgehead atoms. The van der Waals surface area contributed by atoms with Crippen molar-refractivity contribution >= 4 is 10.8 Å². The molecule has 2 aromatic rings. The van der Waals surface area contributed by atoms with E-state index in [0.29, 0.717) is 16.7 Å². The fourth-order valence-electron chi connectivity index (χ4n) is 6.19. The highest BCUT2D eigenvalue weighted by atomic mass is 19.2. The molecule has 0 N–H and O–H groups in total. The van der Waals surface area contributed by atoms with Crippen LogP contribution < -0.4 is 4.74 Å². The van der Waals surface area contributed by atoms with E-state index in [2.05, 4.69) is 13.0 Å². The molecule has 0 heterocycles. The van der Waals surface area contributed by atoms with Crippen molar-refractivity contribution in [2.45, 2.75) is 84.0 Å². The molecule has 2 aliphatic rings. The van der Waals surface area contributed by atoms with Crippen LogP contribution in [0.5, 0.6) is 5.75 Å². The lowest BCUT2D eigenvalue weighted by atomic mass is 9.68. The Morgan fingerprint density at radius 2 is 1.59 bits per heavy atom. The van der Waals surface area contributed by atoms with Crippen molar-refractivity contribution < 1.29 is 13.5 Å². The number of benzene rings is 2. The Morgan fingerprint density at radius 1 is 0.906 bits per heavy atom. The van der Waals surface area contributed by atoms with E-state index in [4.69, 9.17) is 4.74 Å². The number of ether oxygens (including phenoxy) is 1. The average Bonchev–Trinajstić information content (AvgIpc) is 2.83. The second kappa shape index (κ2) is 10.8. The molecule has 32 heavy (non-hydrogen) atoms. The Kier molecular flexibility index (Phi) is 7.86. The van der Waals surface area contributed by atoms with Crippen molar-refractivity contribution in [1.82, 2.24) is 0 Å². The Balaban J connectivity index is 1.40. The molecule has 174 valence electrons. The summed E-state index contributed by atoms with van der Waals surface area (Å²) in [6.07, 6.45) is 16.9. The third-order valence-electron chi connectivity index (χ3n) is 8.08. The van der Waals surface area contributed by atoms with E-state index in [0.717, 1.165) is 23.3 Å². The van der Waals surface area contributed by atoms with Crippen molar-refractivity contribution in [2.75, 3.05) is 6.61 Å². The van der Waals surface area contributed by atoms with Crippen molar-refractivity contribution in [3.63, 3.8) is 0 Å². The van der Waals surface area contributed by atoms with Gasteiger partial charge in [0.25, 0.3) is 0 Å². The molecule has 4 rings (SSSR count). The minimum absolute atomic E-state index is 0.0185. The predicted octanol–water partition coefficient (Wildman–Crippen LogP) is 8.95. The second-order valence-electron chi connectivity index (χ2n) is 10.0. The maximum Gasteiger partial charge on any atom is 0.201 e. The van der Waals surface area contributed by atoms with E-state index in [1.54, 1.807) is 12.1 Å². The van der Waals surface area contributed by atoms with Gasteiger partial charge in [0.2, 0.25) is 5.82 Å². The molecular formula is C29H38F2O. The van der Waals surface area contributed by atoms with Crippen molar-refractivity contribution in [3.05, 3.63) is 53.6 Å². The lowest BCUT2D eigenvalue weighted by molar-refractivity contribution is 0.156. The van der Waals surface area contributed by atoms with Gasteiger partial charge in [-0.1, -0.05) is 56.9 Å². The fourth-order valence-corrected chi connectivity index (χ4v) is 6.19. The minimum atomic E-state index is -0.887. The highest BCUT2D eigenvalue weighted by Crippen LogP contribution is 2.45. The van der Waals surface area contributed by atoms with Gasteiger partial charge in [-0.2, -0.15) is 4.39 Å². The molecule has 0 spiro atoms. The SMILES string of the molecule is CC=CCOc1cc2ccc(C3CCC(C4CCC(CCC)CC4)CC3)cc2c(F)c1F. The van der Waals surface area contributed by atoms with E-state index in [1.807, 2.05) is 25.1 Å². The van der Waals surface area contributed by atoms with Crippen LogP contribution in [0, 0.1) is 29.4 Å². The highest BCUT2D eigenvalue weighted by Gasteiger charge is 2.31. The predicted molar refractivity (Wildman–Crippen MR) is 129 cm³/mol. The average molecular weight is 441 g/mol. The molecule has 2 aliphatic carbocycles. The van der Waals surface area contributed by atoms with Crippen molar-refractivity contribution in [2.24, 2.45) is 17.8 Å². The maximum absolute atomic E-state index is 14.8. The first kappa shape index (κ1) is 23.3. The molecular weight excluding hydrogens is 402 g/mol. The van der Waals surface area contributed by atoms with E-state index >= 15 is 0 Å². The maximum atomic E-state index is 14.8. The first-order chi connectivity index (χ1) is 15.6. The summed E-state index contributed by atoms with van der Waals surface area (Å²) in [7, 11) is 0. The number of hydrogen-bond donors (Lipinski definition) is 0. The Labute approximate surface area is 192 Å². The highest BCUT2D eigenvalue weighted by molar-refractivity contribution is 5.85. The normalized spacial score (nSPS) is 26.6. The van der Waals surface area contributed by atoms with Crippen LogP contribution >= 0.6 is 0 Å². The fraction of sp³-hybridized carbons (Fsp3) is 0.586. The van der Waals surface area contributed by atoms with Crippen LogP contribution in [0.4, 0.5) is 8.78 Å². The first-order valence-corrected chi connectivity index (χ1v) is 12.8.